The third-order valence-electron chi connectivity index (χ3n) is 5.29. The molecule has 0 aliphatic rings. The highest BCUT2D eigenvalue weighted by Crippen LogP contribution is 2.44. The van der Waals surface area contributed by atoms with Crippen LogP contribution in [0.1, 0.15) is 26.0 Å². The van der Waals surface area contributed by atoms with Gasteiger partial charge in [0.2, 0.25) is 0 Å². The minimum atomic E-state index is -0.774. The highest BCUT2D eigenvalue weighted by Gasteiger charge is 2.19. The van der Waals surface area contributed by atoms with E-state index in [1.165, 1.54) is 0 Å². The Morgan fingerprint density at radius 1 is 0.485 bits per heavy atom. The molecule has 0 unspecified atom stereocenters. The predicted octanol–water partition coefficient (Wildman–Crippen LogP) is 9.18. The Bertz CT molecular complexity index is 2700. The lowest BCUT2D eigenvalue weighted by molar-refractivity contribution is 0.599. The first-order valence-corrected chi connectivity index (χ1v) is 9.74. The van der Waals surface area contributed by atoms with Crippen LogP contribution in [0.25, 0.3) is 66.1 Å². The van der Waals surface area contributed by atoms with Crippen molar-refractivity contribution in [2.75, 3.05) is 0 Å². The number of hydrogen-bond donors (Lipinski definition) is 0. The fraction of sp³-hybridized carbons (Fsp3) is 0. The third kappa shape index (κ3) is 2.79. The summed E-state index contributed by atoms with van der Waals surface area (Å²) in [5.74, 6) is -1.03. The van der Waals surface area contributed by atoms with Gasteiger partial charge in [0, 0.05) is 16.7 Å². The summed E-state index contributed by atoms with van der Waals surface area (Å²) in [6.07, 6.45) is 0. The predicted molar refractivity (Wildman–Crippen MR) is 139 cm³/mol. The molecule has 1 aromatic heterocycles. The minimum absolute atomic E-state index is 0.172. The Balaban J connectivity index is 1.78. The van der Waals surface area contributed by atoms with Crippen molar-refractivity contribution in [3.8, 4) is 33.8 Å². The van der Waals surface area contributed by atoms with Gasteiger partial charge in [-0.25, -0.2) is 0 Å². The van der Waals surface area contributed by atoms with Gasteiger partial charge >= 0.3 is 0 Å². The molecule has 0 aliphatic heterocycles. The van der Waals surface area contributed by atoms with E-state index in [0.29, 0.717) is 0 Å². The van der Waals surface area contributed by atoms with E-state index in [4.69, 9.17) is 29.1 Å². The second kappa shape index (κ2) is 7.08. The van der Waals surface area contributed by atoms with Crippen molar-refractivity contribution < 1.29 is 30.5 Å². The molecule has 0 radical (unpaired) electrons. The summed E-state index contributed by atoms with van der Waals surface area (Å²) >= 11 is 0. The van der Waals surface area contributed by atoms with Gasteiger partial charge in [-0.05, 0) is 50.0 Å². The van der Waals surface area contributed by atoms with Crippen LogP contribution in [0.4, 0.5) is 0 Å². The smallest absolute Gasteiger partial charge is 0.143 e. The van der Waals surface area contributed by atoms with Crippen molar-refractivity contribution in [3.05, 3.63) is 121 Å². The van der Waals surface area contributed by atoms with Gasteiger partial charge in [0.25, 0.3) is 0 Å². The van der Waals surface area contributed by atoms with Crippen LogP contribution in [0.5, 0.6) is 0 Å². The van der Waals surface area contributed by atoms with Gasteiger partial charge in [0.05, 0.1) is 26.0 Å². The van der Waals surface area contributed by atoms with Crippen LogP contribution in [0, 0.1) is 0 Å². The highest BCUT2D eigenvalue weighted by atomic mass is 16.3. The van der Waals surface area contributed by atoms with E-state index in [0.717, 1.165) is 6.07 Å². The molecule has 7 aromatic rings. The van der Waals surface area contributed by atoms with Gasteiger partial charge in [-0.15, -0.1) is 0 Å². The zero-order valence-corrected chi connectivity index (χ0v) is 16.5. The Morgan fingerprint density at radius 2 is 1.09 bits per heavy atom. The molecule has 0 saturated heterocycles. The van der Waals surface area contributed by atoms with E-state index < -0.39 is 143 Å². The molecular formula is C32H20O. The summed E-state index contributed by atoms with van der Waals surface area (Å²) in [5.41, 5.74) is -1.85. The van der Waals surface area contributed by atoms with Crippen molar-refractivity contribution >= 4 is 32.3 Å². The molecule has 0 bridgehead atoms. The molecule has 0 spiro atoms. The van der Waals surface area contributed by atoms with E-state index >= 15 is 0 Å². The first-order chi connectivity index (χ1) is 24.3. The Kier molecular flexibility index (Phi) is 1.63. The molecule has 0 atom stereocenters. The van der Waals surface area contributed by atoms with Crippen LogP contribution in [0.15, 0.2) is 125 Å². The molecule has 0 fully saturated rings. The molecular weight excluding hydrogens is 400 g/mol. The maximum Gasteiger partial charge on any atom is 0.143 e. The zero-order valence-electron chi connectivity index (χ0n) is 35.5. The van der Waals surface area contributed by atoms with E-state index in [1.807, 2.05) is 0 Å². The van der Waals surface area contributed by atoms with Crippen LogP contribution in [-0.4, -0.2) is 0 Å². The van der Waals surface area contributed by atoms with E-state index in [2.05, 4.69) is 0 Å². The monoisotopic (exact) mass is 439 g/mol. The van der Waals surface area contributed by atoms with Crippen molar-refractivity contribution in [2.24, 2.45) is 0 Å². The Hall–Kier alpha value is -4.36. The largest absolute Gasteiger partial charge is 0.455 e. The summed E-state index contributed by atoms with van der Waals surface area (Å²) < 4.78 is 169. The van der Waals surface area contributed by atoms with E-state index in [9.17, 15) is 1.37 Å². The van der Waals surface area contributed by atoms with Crippen LogP contribution in [0.3, 0.4) is 0 Å². The number of furan rings is 1. The fourth-order valence-corrected chi connectivity index (χ4v) is 3.88. The van der Waals surface area contributed by atoms with E-state index in [1.54, 1.807) is 0 Å². The van der Waals surface area contributed by atoms with Crippen molar-refractivity contribution in [1.82, 2.24) is 0 Å². The van der Waals surface area contributed by atoms with E-state index in [-0.39, 0.29) is 37.9 Å². The molecule has 1 nitrogen and oxygen atoms in total. The third-order valence-corrected chi connectivity index (χ3v) is 5.29. The molecule has 0 amide bonds. The lowest BCUT2D eigenvalue weighted by Gasteiger charge is -2.14. The molecule has 0 N–H and O–H groups in total. The summed E-state index contributed by atoms with van der Waals surface area (Å²) in [6.45, 7) is 0. The molecule has 33 heavy (non-hydrogen) atoms. The SMILES string of the molecule is [2H]c1c([2H])c([2H])c(-c2cc(-c3c([2H])c([2H])c([2H])c([2H])c3[2H])c(-c3c([2H])c([2H])c4c([2H])c([2H])c5c([2H])c([2H])c([2H])c6c([2H])c([2H])c3c4c56)o2)c([2H])c1[2H]. The van der Waals surface area contributed by atoms with Crippen LogP contribution in [-0.2, 0) is 0 Å². The Labute approximate surface area is 218 Å². The van der Waals surface area contributed by atoms with Gasteiger partial charge in [-0.3, -0.25) is 0 Å². The second-order valence-electron chi connectivity index (χ2n) is 7.10. The van der Waals surface area contributed by atoms with Gasteiger partial charge in [-0.2, -0.15) is 0 Å². The quantitative estimate of drug-likeness (QED) is 0.250. The maximum atomic E-state index is 9.19. The molecule has 0 aliphatic carbocycles. The molecule has 7 rings (SSSR count). The summed E-state index contributed by atoms with van der Waals surface area (Å²) in [7, 11) is 0. The molecule has 1 heterocycles. The number of benzene rings is 6. The summed E-state index contributed by atoms with van der Waals surface area (Å²) in [6, 6.07) is -12.4. The number of hydrogen-bond acceptors (Lipinski definition) is 1. The molecule has 6 aromatic carbocycles. The van der Waals surface area contributed by atoms with Crippen molar-refractivity contribution in [1.29, 1.82) is 0 Å². The molecule has 154 valence electrons. The lowest BCUT2D eigenvalue weighted by atomic mass is 9.90. The van der Waals surface area contributed by atoms with Gasteiger partial charge < -0.3 is 4.42 Å². The van der Waals surface area contributed by atoms with Gasteiger partial charge in [0.15, 0.2) is 0 Å². The maximum absolute atomic E-state index is 9.19. The normalized spacial score (nSPS) is 19.7. The van der Waals surface area contributed by atoms with Crippen molar-refractivity contribution in [2.45, 2.75) is 0 Å². The topological polar surface area (TPSA) is 13.1 Å². The second-order valence-corrected chi connectivity index (χ2v) is 7.10. The van der Waals surface area contributed by atoms with Crippen LogP contribution in [0.2, 0.25) is 0 Å². The first-order valence-electron chi connectivity index (χ1n) is 19.2. The minimum Gasteiger partial charge on any atom is -0.455 e. The average Bonchev–Trinajstić information content (AvgIpc) is 3.52. The number of rotatable bonds is 3. The van der Waals surface area contributed by atoms with Crippen LogP contribution >= 0.6 is 0 Å². The van der Waals surface area contributed by atoms with Crippen LogP contribution < -0.4 is 0 Å². The lowest BCUT2D eigenvalue weighted by Crippen LogP contribution is -1.87. The molecule has 1 heteroatoms. The van der Waals surface area contributed by atoms with Crippen molar-refractivity contribution in [3.63, 3.8) is 0 Å². The summed E-state index contributed by atoms with van der Waals surface area (Å²) in [5, 5.41) is -1.72. The highest BCUT2D eigenvalue weighted by molar-refractivity contribution is 6.25. The summed E-state index contributed by atoms with van der Waals surface area (Å²) in [4.78, 5) is 0. The average molecular weight is 440 g/mol. The van der Waals surface area contributed by atoms with Gasteiger partial charge in [-0.1, -0.05) is 109 Å². The standard InChI is InChI=1S/C32H20O/c1-3-8-21(9-4-1)28-20-29(22-10-5-2-6-11-22)33-32(28)27-19-17-25-15-14-23-12-7-13-24-16-18-26(27)31(25)30(23)24/h1-20H/i1D,2D,3D,4D,5D,6D,7D,8D,9D,10D,11D,12D,13D,14D,15D,16D,17D,18D,19D. The Morgan fingerprint density at radius 3 is 1.82 bits per heavy atom. The van der Waals surface area contributed by atoms with Gasteiger partial charge in [0.1, 0.15) is 11.5 Å². The molecule has 0 saturated carbocycles. The first kappa shape index (κ1) is 7.60. The zero-order chi connectivity index (χ0) is 38.3. The fourth-order valence-electron chi connectivity index (χ4n) is 3.88.